The fourth-order valence-corrected chi connectivity index (χ4v) is 4.23. The van der Waals surface area contributed by atoms with Crippen LogP contribution in [-0.4, -0.2) is 18.0 Å². The summed E-state index contributed by atoms with van der Waals surface area (Å²) in [6.45, 7) is 8.04. The van der Waals surface area contributed by atoms with Crippen LogP contribution in [0, 0.1) is 5.92 Å². The fraction of sp³-hybridized carbons (Fsp3) is 0.714. The van der Waals surface area contributed by atoms with Crippen molar-refractivity contribution in [3.8, 4) is 0 Å². The summed E-state index contributed by atoms with van der Waals surface area (Å²) in [5.74, 6) is -1.06. The molecular weight excluding hydrogens is 412 g/mol. The molecule has 0 aromatic heterocycles. The molecule has 0 radical (unpaired) electrons. The van der Waals surface area contributed by atoms with Gasteiger partial charge >= 0.3 is 5.97 Å². The summed E-state index contributed by atoms with van der Waals surface area (Å²) in [6, 6.07) is 5.49. The zero-order valence-corrected chi connectivity index (χ0v) is 21.5. The van der Waals surface area contributed by atoms with Crippen LogP contribution in [-0.2, 0) is 9.53 Å². The molecule has 0 spiro atoms. The average Bonchev–Trinajstić information content (AvgIpc) is 2.77. The molecule has 4 N–H and O–H groups in total. The molecule has 2 atom stereocenters. The SMILES string of the molecule is CCCCCCCCCCCCCCC(C)c1ccc(C(=O)OC(C(N)=O)C(C)C)c(N)c1. The summed E-state index contributed by atoms with van der Waals surface area (Å²) in [5.41, 5.74) is 13.3. The largest absolute Gasteiger partial charge is 0.448 e. The Morgan fingerprint density at radius 3 is 1.82 bits per heavy atom. The Balaban J connectivity index is 2.31. The predicted octanol–water partition coefficient (Wildman–Crippen LogP) is 7.13. The Kier molecular flexibility index (Phi) is 14.5. The predicted molar refractivity (Wildman–Crippen MR) is 138 cm³/mol. The second kappa shape index (κ2) is 16.6. The zero-order chi connectivity index (χ0) is 24.6. The van der Waals surface area contributed by atoms with E-state index in [-0.39, 0.29) is 11.5 Å². The lowest BCUT2D eigenvalue weighted by Crippen LogP contribution is -2.37. The van der Waals surface area contributed by atoms with Gasteiger partial charge in [0.2, 0.25) is 0 Å². The molecule has 1 aromatic rings. The second-order valence-corrected chi connectivity index (χ2v) is 9.90. The van der Waals surface area contributed by atoms with Gasteiger partial charge in [-0.25, -0.2) is 4.79 Å². The van der Waals surface area contributed by atoms with E-state index in [0.717, 1.165) is 12.0 Å². The molecule has 0 saturated heterocycles. The van der Waals surface area contributed by atoms with Crippen molar-refractivity contribution in [1.82, 2.24) is 0 Å². The first-order valence-electron chi connectivity index (χ1n) is 13.2. The number of amides is 1. The summed E-state index contributed by atoms with van der Waals surface area (Å²) in [6.07, 6.45) is 16.3. The lowest BCUT2D eigenvalue weighted by molar-refractivity contribution is -0.128. The first-order valence-corrected chi connectivity index (χ1v) is 13.2. The number of unbranched alkanes of at least 4 members (excludes halogenated alkanes) is 11. The third-order valence-electron chi connectivity index (χ3n) is 6.48. The van der Waals surface area contributed by atoms with Gasteiger partial charge in [-0.05, 0) is 36.0 Å². The second-order valence-electron chi connectivity index (χ2n) is 9.90. The van der Waals surface area contributed by atoms with Crippen molar-refractivity contribution in [2.75, 3.05) is 5.73 Å². The highest BCUT2D eigenvalue weighted by atomic mass is 16.5. The molecule has 5 heteroatoms. The highest BCUT2D eigenvalue weighted by Gasteiger charge is 2.25. The standard InChI is InChI=1S/C28H48N2O3/c1-5-6-7-8-9-10-11-12-13-14-15-16-17-22(4)23-18-19-24(25(29)20-23)28(32)33-26(21(2)3)27(30)31/h18-22,26H,5-17,29H2,1-4H3,(H2,30,31). The number of hydrogen-bond acceptors (Lipinski definition) is 4. The first-order chi connectivity index (χ1) is 15.8. The molecule has 5 nitrogen and oxygen atoms in total. The molecule has 0 aliphatic carbocycles. The van der Waals surface area contributed by atoms with Crippen LogP contribution in [0.3, 0.4) is 0 Å². The third kappa shape index (κ3) is 11.6. The Morgan fingerprint density at radius 2 is 1.36 bits per heavy atom. The molecule has 2 unspecified atom stereocenters. The molecule has 1 amide bonds. The van der Waals surface area contributed by atoms with E-state index in [9.17, 15) is 9.59 Å². The molecule has 0 aliphatic heterocycles. The van der Waals surface area contributed by atoms with Crippen LogP contribution in [0.5, 0.6) is 0 Å². The topological polar surface area (TPSA) is 95.4 Å². The molecule has 0 fully saturated rings. The lowest BCUT2D eigenvalue weighted by Gasteiger charge is -2.19. The number of primary amides is 1. The molecule has 1 aromatic carbocycles. The number of esters is 1. The third-order valence-corrected chi connectivity index (χ3v) is 6.48. The van der Waals surface area contributed by atoms with Gasteiger partial charge in [0.15, 0.2) is 6.10 Å². The number of carbonyl (C=O) groups is 2. The first kappa shape index (κ1) is 29.0. The van der Waals surface area contributed by atoms with E-state index in [1.165, 1.54) is 77.0 Å². The maximum absolute atomic E-state index is 12.5. The van der Waals surface area contributed by atoms with Gasteiger partial charge in [-0.3, -0.25) is 4.79 Å². The van der Waals surface area contributed by atoms with Gasteiger partial charge < -0.3 is 16.2 Å². The average molecular weight is 461 g/mol. The summed E-state index contributed by atoms with van der Waals surface area (Å²) < 4.78 is 5.30. The van der Waals surface area contributed by atoms with E-state index >= 15 is 0 Å². The van der Waals surface area contributed by atoms with Gasteiger partial charge in [0, 0.05) is 5.69 Å². The number of carbonyl (C=O) groups excluding carboxylic acids is 2. The monoisotopic (exact) mass is 460 g/mol. The number of nitrogen functional groups attached to an aromatic ring is 1. The molecule has 1 rings (SSSR count). The van der Waals surface area contributed by atoms with E-state index < -0.39 is 18.0 Å². The Morgan fingerprint density at radius 1 is 0.848 bits per heavy atom. The maximum Gasteiger partial charge on any atom is 0.341 e. The van der Waals surface area contributed by atoms with Gasteiger partial charge in [-0.1, -0.05) is 111 Å². The minimum absolute atomic E-state index is 0.192. The summed E-state index contributed by atoms with van der Waals surface area (Å²) in [4.78, 5) is 24.0. The van der Waals surface area contributed by atoms with Crippen molar-refractivity contribution in [1.29, 1.82) is 0 Å². The lowest BCUT2D eigenvalue weighted by atomic mass is 9.93. The van der Waals surface area contributed by atoms with Crippen molar-refractivity contribution in [3.05, 3.63) is 29.3 Å². The quantitative estimate of drug-likeness (QED) is 0.138. The normalized spacial score (nSPS) is 13.1. The van der Waals surface area contributed by atoms with Crippen molar-refractivity contribution in [2.24, 2.45) is 11.7 Å². The Bertz CT molecular complexity index is 702. The van der Waals surface area contributed by atoms with Gasteiger partial charge in [0.1, 0.15) is 0 Å². The van der Waals surface area contributed by atoms with E-state index in [4.69, 9.17) is 16.2 Å². The van der Waals surface area contributed by atoms with E-state index in [1.807, 2.05) is 12.1 Å². The van der Waals surface area contributed by atoms with Crippen molar-refractivity contribution < 1.29 is 14.3 Å². The van der Waals surface area contributed by atoms with E-state index in [2.05, 4.69) is 13.8 Å². The number of ether oxygens (including phenoxy) is 1. The number of hydrogen-bond donors (Lipinski definition) is 2. The summed E-state index contributed by atoms with van der Waals surface area (Å²) in [5, 5.41) is 0. The van der Waals surface area contributed by atoms with Crippen LogP contribution in [0.15, 0.2) is 18.2 Å². The van der Waals surface area contributed by atoms with Crippen LogP contribution in [0.2, 0.25) is 0 Å². The highest BCUT2D eigenvalue weighted by molar-refractivity contribution is 5.96. The maximum atomic E-state index is 12.5. The number of anilines is 1. The smallest absolute Gasteiger partial charge is 0.341 e. The van der Waals surface area contributed by atoms with Crippen LogP contribution >= 0.6 is 0 Å². The minimum Gasteiger partial charge on any atom is -0.448 e. The van der Waals surface area contributed by atoms with E-state index in [1.54, 1.807) is 19.9 Å². The van der Waals surface area contributed by atoms with Crippen molar-refractivity contribution in [2.45, 2.75) is 123 Å². The molecule has 0 bridgehead atoms. The molecule has 0 saturated carbocycles. The number of nitrogens with two attached hydrogens (primary N) is 2. The molecule has 188 valence electrons. The van der Waals surface area contributed by atoms with Crippen molar-refractivity contribution in [3.63, 3.8) is 0 Å². The number of benzene rings is 1. The van der Waals surface area contributed by atoms with Crippen LogP contribution in [0.4, 0.5) is 5.69 Å². The van der Waals surface area contributed by atoms with Gasteiger partial charge in [0.25, 0.3) is 5.91 Å². The summed E-state index contributed by atoms with van der Waals surface area (Å²) in [7, 11) is 0. The molecule has 0 heterocycles. The van der Waals surface area contributed by atoms with Gasteiger partial charge in [0.05, 0.1) is 5.56 Å². The molecule has 33 heavy (non-hydrogen) atoms. The summed E-state index contributed by atoms with van der Waals surface area (Å²) >= 11 is 0. The van der Waals surface area contributed by atoms with Crippen LogP contribution < -0.4 is 11.5 Å². The molecule has 0 aliphatic rings. The van der Waals surface area contributed by atoms with Crippen molar-refractivity contribution >= 4 is 17.6 Å². The van der Waals surface area contributed by atoms with E-state index in [0.29, 0.717) is 11.6 Å². The number of rotatable bonds is 18. The fourth-order valence-electron chi connectivity index (χ4n) is 4.23. The van der Waals surface area contributed by atoms with Crippen LogP contribution in [0.1, 0.15) is 133 Å². The Hall–Kier alpha value is -2.04. The minimum atomic E-state index is -0.957. The molecular formula is C28H48N2O3. The highest BCUT2D eigenvalue weighted by Crippen LogP contribution is 2.26. The zero-order valence-electron chi connectivity index (χ0n) is 21.5. The Labute approximate surface area is 202 Å². The van der Waals surface area contributed by atoms with Crippen LogP contribution in [0.25, 0.3) is 0 Å². The van der Waals surface area contributed by atoms with Gasteiger partial charge in [-0.15, -0.1) is 0 Å². The van der Waals surface area contributed by atoms with Gasteiger partial charge in [-0.2, -0.15) is 0 Å².